The summed E-state index contributed by atoms with van der Waals surface area (Å²) >= 11 is 5.76. The van der Waals surface area contributed by atoms with Crippen LogP contribution in [0.1, 0.15) is 36.0 Å². The summed E-state index contributed by atoms with van der Waals surface area (Å²) in [6.07, 6.45) is 3.92. The highest BCUT2D eigenvalue weighted by atomic mass is 35.5. The van der Waals surface area contributed by atoms with Crippen molar-refractivity contribution >= 4 is 23.2 Å². The molecule has 0 aromatic heterocycles. The summed E-state index contributed by atoms with van der Waals surface area (Å²) in [7, 11) is 0. The molecule has 1 amide bonds. The molecule has 0 heterocycles. The number of carbonyl (C=O) groups is 1. The standard InChI is InChI=1S/C14H17ClN2O4/c15-12-6-5-10(9-13(12)17(20)21)14(19)16(7-8-18)11-3-1-2-4-11/h5-6,9,11,18H,1-4,7-8H2. The topological polar surface area (TPSA) is 83.7 Å². The zero-order valence-corrected chi connectivity index (χ0v) is 12.3. The molecule has 0 unspecified atom stereocenters. The molecule has 0 radical (unpaired) electrons. The molecule has 1 fully saturated rings. The van der Waals surface area contributed by atoms with Crippen molar-refractivity contribution in [3.05, 3.63) is 38.9 Å². The van der Waals surface area contributed by atoms with Crippen LogP contribution in [-0.2, 0) is 0 Å². The highest BCUT2D eigenvalue weighted by Crippen LogP contribution is 2.28. The number of aliphatic hydroxyl groups excluding tert-OH is 1. The summed E-state index contributed by atoms with van der Waals surface area (Å²) < 4.78 is 0. The lowest BCUT2D eigenvalue weighted by molar-refractivity contribution is -0.384. The first kappa shape index (κ1) is 15.7. The largest absolute Gasteiger partial charge is 0.395 e. The number of amides is 1. The number of benzene rings is 1. The van der Waals surface area contributed by atoms with Crippen LogP contribution in [0, 0.1) is 10.1 Å². The Hall–Kier alpha value is -1.66. The summed E-state index contributed by atoms with van der Waals surface area (Å²) in [6, 6.07) is 4.14. The van der Waals surface area contributed by atoms with Gasteiger partial charge in [0.1, 0.15) is 5.02 Å². The second kappa shape index (κ2) is 6.87. The number of nitro groups is 1. The number of halogens is 1. The van der Waals surface area contributed by atoms with Gasteiger partial charge >= 0.3 is 0 Å². The van der Waals surface area contributed by atoms with E-state index in [-0.39, 0.29) is 41.4 Å². The summed E-state index contributed by atoms with van der Waals surface area (Å²) in [5.74, 6) is -0.296. The molecule has 1 aromatic carbocycles. The van der Waals surface area contributed by atoms with Gasteiger partial charge in [0, 0.05) is 24.2 Å². The quantitative estimate of drug-likeness (QED) is 0.669. The number of rotatable bonds is 5. The molecule has 1 aliphatic rings. The lowest BCUT2D eigenvalue weighted by atomic mass is 10.1. The van der Waals surface area contributed by atoms with Crippen LogP contribution >= 0.6 is 11.6 Å². The molecule has 0 bridgehead atoms. The van der Waals surface area contributed by atoms with E-state index in [0.717, 1.165) is 25.7 Å². The molecular weight excluding hydrogens is 296 g/mol. The van der Waals surface area contributed by atoms with Crippen LogP contribution in [0.2, 0.25) is 5.02 Å². The van der Waals surface area contributed by atoms with Gasteiger partial charge in [0.05, 0.1) is 11.5 Å². The van der Waals surface area contributed by atoms with Gasteiger partial charge in [0.2, 0.25) is 0 Å². The van der Waals surface area contributed by atoms with Crippen molar-refractivity contribution in [3.8, 4) is 0 Å². The number of aliphatic hydroxyl groups is 1. The molecule has 0 saturated heterocycles. The van der Waals surface area contributed by atoms with Crippen LogP contribution in [0.15, 0.2) is 18.2 Å². The maximum Gasteiger partial charge on any atom is 0.288 e. The SMILES string of the molecule is O=C(c1ccc(Cl)c([N+](=O)[O-])c1)N(CCO)C1CCCC1. The van der Waals surface area contributed by atoms with Gasteiger partial charge in [0.25, 0.3) is 11.6 Å². The normalized spacial score (nSPS) is 15.1. The molecule has 0 spiro atoms. The predicted molar refractivity (Wildman–Crippen MR) is 78.5 cm³/mol. The Balaban J connectivity index is 2.27. The number of hydrogen-bond donors (Lipinski definition) is 1. The van der Waals surface area contributed by atoms with Crippen LogP contribution < -0.4 is 0 Å². The van der Waals surface area contributed by atoms with Gasteiger partial charge in [-0.1, -0.05) is 24.4 Å². The molecule has 1 saturated carbocycles. The van der Waals surface area contributed by atoms with Crippen molar-refractivity contribution in [2.24, 2.45) is 0 Å². The number of nitrogens with zero attached hydrogens (tertiary/aromatic N) is 2. The predicted octanol–water partition coefficient (Wildman–Crippen LogP) is 2.63. The van der Waals surface area contributed by atoms with Gasteiger partial charge in [-0.25, -0.2) is 0 Å². The zero-order chi connectivity index (χ0) is 15.4. The van der Waals surface area contributed by atoms with E-state index in [9.17, 15) is 14.9 Å². The number of nitro benzene ring substituents is 1. The fourth-order valence-electron chi connectivity index (χ4n) is 2.73. The second-order valence-electron chi connectivity index (χ2n) is 5.08. The second-order valence-corrected chi connectivity index (χ2v) is 5.49. The highest BCUT2D eigenvalue weighted by molar-refractivity contribution is 6.32. The van der Waals surface area contributed by atoms with Crippen LogP contribution in [0.5, 0.6) is 0 Å². The van der Waals surface area contributed by atoms with Gasteiger partial charge in [0.15, 0.2) is 0 Å². The summed E-state index contributed by atoms with van der Waals surface area (Å²) in [5, 5.41) is 20.1. The van der Waals surface area contributed by atoms with Gasteiger partial charge in [-0.3, -0.25) is 14.9 Å². The third-order valence-electron chi connectivity index (χ3n) is 3.76. The first-order valence-corrected chi connectivity index (χ1v) is 7.28. The smallest absolute Gasteiger partial charge is 0.288 e. The van der Waals surface area contributed by atoms with E-state index in [1.165, 1.54) is 18.2 Å². The molecule has 2 rings (SSSR count). The fourth-order valence-corrected chi connectivity index (χ4v) is 2.91. The first-order valence-electron chi connectivity index (χ1n) is 6.90. The van der Waals surface area contributed by atoms with Gasteiger partial charge in [-0.05, 0) is 25.0 Å². The van der Waals surface area contributed by atoms with E-state index in [2.05, 4.69) is 0 Å². The molecule has 0 atom stereocenters. The maximum atomic E-state index is 12.6. The number of carbonyl (C=O) groups excluding carboxylic acids is 1. The third kappa shape index (κ3) is 3.51. The van der Waals surface area contributed by atoms with Gasteiger partial charge < -0.3 is 10.0 Å². The molecule has 114 valence electrons. The minimum atomic E-state index is -0.606. The lowest BCUT2D eigenvalue weighted by Gasteiger charge is -2.28. The molecule has 6 nitrogen and oxygen atoms in total. The van der Waals surface area contributed by atoms with Crippen LogP contribution in [-0.4, -0.2) is 40.0 Å². The average Bonchev–Trinajstić information content (AvgIpc) is 2.98. The van der Waals surface area contributed by atoms with Crippen molar-refractivity contribution in [1.82, 2.24) is 4.90 Å². The van der Waals surface area contributed by atoms with Crippen LogP contribution in [0.25, 0.3) is 0 Å². The van der Waals surface area contributed by atoms with E-state index in [0.29, 0.717) is 0 Å². The Morgan fingerprint density at radius 3 is 2.67 bits per heavy atom. The summed E-state index contributed by atoms with van der Waals surface area (Å²) in [4.78, 5) is 24.5. The average molecular weight is 313 g/mol. The van der Waals surface area contributed by atoms with Crippen LogP contribution in [0.3, 0.4) is 0 Å². The van der Waals surface area contributed by atoms with Crippen molar-refractivity contribution in [3.63, 3.8) is 0 Å². The van der Waals surface area contributed by atoms with E-state index in [4.69, 9.17) is 16.7 Å². The zero-order valence-electron chi connectivity index (χ0n) is 11.5. The van der Waals surface area contributed by atoms with E-state index >= 15 is 0 Å². The minimum absolute atomic E-state index is 0.00567. The van der Waals surface area contributed by atoms with Crippen molar-refractivity contribution in [1.29, 1.82) is 0 Å². The summed E-state index contributed by atoms with van der Waals surface area (Å²) in [6.45, 7) is 0.109. The molecule has 7 heteroatoms. The van der Waals surface area contributed by atoms with Crippen molar-refractivity contribution in [2.45, 2.75) is 31.7 Å². The molecule has 1 aliphatic carbocycles. The first-order chi connectivity index (χ1) is 10.0. The van der Waals surface area contributed by atoms with E-state index in [1.807, 2.05) is 0 Å². The fraction of sp³-hybridized carbons (Fsp3) is 0.500. The van der Waals surface area contributed by atoms with E-state index < -0.39 is 4.92 Å². The Labute approximate surface area is 127 Å². The Bertz CT molecular complexity index is 544. The van der Waals surface area contributed by atoms with Gasteiger partial charge in [-0.15, -0.1) is 0 Å². The Morgan fingerprint density at radius 2 is 2.10 bits per heavy atom. The molecule has 0 aliphatic heterocycles. The minimum Gasteiger partial charge on any atom is -0.395 e. The monoisotopic (exact) mass is 312 g/mol. The maximum absolute atomic E-state index is 12.6. The van der Waals surface area contributed by atoms with Gasteiger partial charge in [-0.2, -0.15) is 0 Å². The lowest BCUT2D eigenvalue weighted by Crippen LogP contribution is -2.40. The highest BCUT2D eigenvalue weighted by Gasteiger charge is 2.28. The Morgan fingerprint density at radius 1 is 1.43 bits per heavy atom. The summed E-state index contributed by atoms with van der Waals surface area (Å²) in [5.41, 5.74) is -0.0515. The third-order valence-corrected chi connectivity index (χ3v) is 4.08. The van der Waals surface area contributed by atoms with E-state index in [1.54, 1.807) is 4.90 Å². The molecule has 21 heavy (non-hydrogen) atoms. The molecular formula is C14H17ClN2O4. The van der Waals surface area contributed by atoms with Crippen molar-refractivity contribution < 1.29 is 14.8 Å². The number of hydrogen-bond acceptors (Lipinski definition) is 4. The molecule has 1 N–H and O–H groups in total. The molecule has 1 aromatic rings. The van der Waals surface area contributed by atoms with Crippen molar-refractivity contribution in [2.75, 3.05) is 13.2 Å². The Kier molecular flexibility index (Phi) is 5.14. The van der Waals surface area contributed by atoms with Crippen LogP contribution in [0.4, 0.5) is 5.69 Å².